The van der Waals surface area contributed by atoms with Crippen LogP contribution in [-0.4, -0.2) is 47.6 Å². The second kappa shape index (κ2) is 4.43. The SMILES string of the molecule is CCN1C(C)CN(C(C)C)CC1C. The summed E-state index contributed by atoms with van der Waals surface area (Å²) in [5.74, 6) is 0. The zero-order valence-corrected chi connectivity index (χ0v) is 9.75. The smallest absolute Gasteiger partial charge is 0.0198 e. The average Bonchev–Trinajstić information content (AvgIpc) is 2.03. The first-order valence-corrected chi connectivity index (χ1v) is 5.56. The van der Waals surface area contributed by atoms with Crippen LogP contribution in [0, 0.1) is 0 Å². The van der Waals surface area contributed by atoms with E-state index in [4.69, 9.17) is 0 Å². The van der Waals surface area contributed by atoms with Crippen molar-refractivity contribution >= 4 is 0 Å². The van der Waals surface area contributed by atoms with Gasteiger partial charge >= 0.3 is 0 Å². The minimum Gasteiger partial charge on any atom is -0.298 e. The van der Waals surface area contributed by atoms with E-state index in [1.54, 1.807) is 0 Å². The van der Waals surface area contributed by atoms with Gasteiger partial charge in [-0.1, -0.05) is 6.92 Å². The number of likely N-dealkylation sites (N-methyl/N-ethyl adjacent to an activating group) is 1. The molecule has 1 aliphatic rings. The van der Waals surface area contributed by atoms with Crippen LogP contribution in [0.3, 0.4) is 0 Å². The molecule has 0 amide bonds. The van der Waals surface area contributed by atoms with E-state index >= 15 is 0 Å². The third-order valence-electron chi connectivity index (χ3n) is 3.23. The van der Waals surface area contributed by atoms with E-state index in [-0.39, 0.29) is 0 Å². The normalized spacial score (nSPS) is 32.8. The lowest BCUT2D eigenvalue weighted by Crippen LogP contribution is -2.57. The topological polar surface area (TPSA) is 6.48 Å². The van der Waals surface area contributed by atoms with Crippen LogP contribution < -0.4 is 0 Å². The number of hydrogen-bond acceptors (Lipinski definition) is 2. The summed E-state index contributed by atoms with van der Waals surface area (Å²) in [6, 6.07) is 2.14. The number of nitrogens with zero attached hydrogens (tertiary/aromatic N) is 2. The highest BCUT2D eigenvalue weighted by Crippen LogP contribution is 2.16. The molecule has 0 aromatic heterocycles. The van der Waals surface area contributed by atoms with Gasteiger partial charge in [-0.2, -0.15) is 0 Å². The lowest BCUT2D eigenvalue weighted by atomic mass is 10.1. The molecule has 0 spiro atoms. The molecule has 78 valence electrons. The quantitative estimate of drug-likeness (QED) is 0.646. The van der Waals surface area contributed by atoms with Gasteiger partial charge in [0.05, 0.1) is 0 Å². The fourth-order valence-corrected chi connectivity index (χ4v) is 2.44. The van der Waals surface area contributed by atoms with Crippen LogP contribution >= 0.6 is 0 Å². The molecular weight excluding hydrogens is 160 g/mol. The summed E-state index contributed by atoms with van der Waals surface area (Å²) < 4.78 is 0. The van der Waals surface area contributed by atoms with Gasteiger partial charge in [-0.3, -0.25) is 9.80 Å². The van der Waals surface area contributed by atoms with Gasteiger partial charge in [0.2, 0.25) is 0 Å². The van der Waals surface area contributed by atoms with E-state index in [2.05, 4.69) is 44.4 Å². The van der Waals surface area contributed by atoms with Crippen molar-refractivity contribution in [3.63, 3.8) is 0 Å². The van der Waals surface area contributed by atoms with Crippen LogP contribution in [-0.2, 0) is 0 Å². The summed E-state index contributed by atoms with van der Waals surface area (Å²) in [6.07, 6.45) is 0. The zero-order valence-electron chi connectivity index (χ0n) is 9.75. The van der Waals surface area contributed by atoms with Crippen molar-refractivity contribution < 1.29 is 0 Å². The standard InChI is InChI=1S/C11H24N2/c1-6-13-10(4)7-12(9(2)3)8-11(13)5/h9-11H,6-8H2,1-5H3. The Morgan fingerprint density at radius 1 is 1.15 bits per heavy atom. The van der Waals surface area contributed by atoms with Gasteiger partial charge in [-0.05, 0) is 34.2 Å². The molecular formula is C11H24N2. The maximum absolute atomic E-state index is 2.60. The third-order valence-corrected chi connectivity index (χ3v) is 3.23. The highest BCUT2D eigenvalue weighted by molar-refractivity contribution is 4.85. The first kappa shape index (κ1) is 11.0. The summed E-state index contributed by atoms with van der Waals surface area (Å²) >= 11 is 0. The van der Waals surface area contributed by atoms with Crippen LogP contribution in [0.15, 0.2) is 0 Å². The third kappa shape index (κ3) is 2.44. The molecule has 0 aromatic carbocycles. The largest absolute Gasteiger partial charge is 0.298 e. The van der Waals surface area contributed by atoms with Gasteiger partial charge in [-0.15, -0.1) is 0 Å². The lowest BCUT2D eigenvalue weighted by Gasteiger charge is -2.45. The summed E-state index contributed by atoms with van der Waals surface area (Å²) in [5.41, 5.74) is 0. The molecule has 0 N–H and O–H groups in total. The molecule has 0 radical (unpaired) electrons. The monoisotopic (exact) mass is 184 g/mol. The first-order valence-electron chi connectivity index (χ1n) is 5.56. The Labute approximate surface area is 82.9 Å². The molecule has 2 atom stereocenters. The van der Waals surface area contributed by atoms with Crippen molar-refractivity contribution in [3.8, 4) is 0 Å². The molecule has 13 heavy (non-hydrogen) atoms. The van der Waals surface area contributed by atoms with E-state index in [0.29, 0.717) is 6.04 Å². The summed E-state index contributed by atoms with van der Waals surface area (Å²) in [4.78, 5) is 5.18. The summed E-state index contributed by atoms with van der Waals surface area (Å²) in [7, 11) is 0. The maximum atomic E-state index is 2.60. The Kier molecular flexibility index (Phi) is 3.74. The van der Waals surface area contributed by atoms with Crippen molar-refractivity contribution in [2.75, 3.05) is 19.6 Å². The Bertz CT molecular complexity index is 144. The van der Waals surface area contributed by atoms with Gasteiger partial charge < -0.3 is 0 Å². The Morgan fingerprint density at radius 2 is 1.62 bits per heavy atom. The summed E-state index contributed by atoms with van der Waals surface area (Å²) in [6.45, 7) is 15.2. The highest BCUT2D eigenvalue weighted by Gasteiger charge is 2.28. The maximum Gasteiger partial charge on any atom is 0.0198 e. The first-order chi connectivity index (χ1) is 6.06. The number of rotatable bonds is 2. The fourth-order valence-electron chi connectivity index (χ4n) is 2.44. The lowest BCUT2D eigenvalue weighted by molar-refractivity contribution is 0.0276. The predicted molar refractivity (Wildman–Crippen MR) is 58.0 cm³/mol. The highest BCUT2D eigenvalue weighted by atomic mass is 15.3. The molecule has 0 saturated carbocycles. The second-order valence-electron chi connectivity index (χ2n) is 4.58. The van der Waals surface area contributed by atoms with E-state index in [1.165, 1.54) is 19.6 Å². The molecule has 0 bridgehead atoms. The predicted octanol–water partition coefficient (Wildman–Crippen LogP) is 1.81. The van der Waals surface area contributed by atoms with Gasteiger partial charge in [0.15, 0.2) is 0 Å². The van der Waals surface area contributed by atoms with E-state index in [9.17, 15) is 0 Å². The zero-order chi connectivity index (χ0) is 10.0. The van der Waals surface area contributed by atoms with Crippen LogP contribution in [0.25, 0.3) is 0 Å². The van der Waals surface area contributed by atoms with Gasteiger partial charge in [0.25, 0.3) is 0 Å². The van der Waals surface area contributed by atoms with E-state index < -0.39 is 0 Å². The molecule has 1 rings (SSSR count). The minimum absolute atomic E-state index is 0.698. The second-order valence-corrected chi connectivity index (χ2v) is 4.58. The van der Waals surface area contributed by atoms with Crippen molar-refractivity contribution in [2.45, 2.75) is 52.7 Å². The Hall–Kier alpha value is -0.0800. The molecule has 1 saturated heterocycles. The minimum atomic E-state index is 0.698. The molecule has 1 fully saturated rings. The van der Waals surface area contributed by atoms with Crippen LogP contribution in [0.2, 0.25) is 0 Å². The van der Waals surface area contributed by atoms with Gasteiger partial charge in [0.1, 0.15) is 0 Å². The number of piperazine rings is 1. The van der Waals surface area contributed by atoms with Gasteiger partial charge in [0, 0.05) is 31.2 Å². The van der Waals surface area contributed by atoms with Crippen molar-refractivity contribution in [3.05, 3.63) is 0 Å². The van der Waals surface area contributed by atoms with Crippen molar-refractivity contribution in [1.82, 2.24) is 9.80 Å². The summed E-state index contributed by atoms with van der Waals surface area (Å²) in [5, 5.41) is 0. The van der Waals surface area contributed by atoms with E-state index in [1.807, 2.05) is 0 Å². The fraction of sp³-hybridized carbons (Fsp3) is 1.00. The average molecular weight is 184 g/mol. The van der Waals surface area contributed by atoms with Gasteiger partial charge in [-0.25, -0.2) is 0 Å². The van der Waals surface area contributed by atoms with Crippen LogP contribution in [0.4, 0.5) is 0 Å². The molecule has 1 aliphatic heterocycles. The van der Waals surface area contributed by atoms with Crippen molar-refractivity contribution in [1.29, 1.82) is 0 Å². The molecule has 2 unspecified atom stereocenters. The Balaban J connectivity index is 2.56. The molecule has 0 aromatic rings. The Morgan fingerprint density at radius 3 is 1.92 bits per heavy atom. The van der Waals surface area contributed by atoms with Crippen LogP contribution in [0.1, 0.15) is 34.6 Å². The molecule has 2 heteroatoms. The molecule has 0 aliphatic carbocycles. The van der Waals surface area contributed by atoms with E-state index in [0.717, 1.165) is 12.1 Å². The van der Waals surface area contributed by atoms with Crippen molar-refractivity contribution in [2.24, 2.45) is 0 Å². The van der Waals surface area contributed by atoms with Crippen LogP contribution in [0.5, 0.6) is 0 Å². The molecule has 2 nitrogen and oxygen atoms in total. The molecule has 1 heterocycles. The number of hydrogen-bond donors (Lipinski definition) is 0.